The van der Waals surface area contributed by atoms with Crippen LogP contribution in [0.2, 0.25) is 0 Å². The minimum absolute atomic E-state index is 0.659. The second-order valence-corrected chi connectivity index (χ2v) is 6.63. The maximum Gasteiger partial charge on any atom is 0.120 e. The number of hydrogen-bond donors (Lipinski definition) is 1. The summed E-state index contributed by atoms with van der Waals surface area (Å²) in [5, 5.41) is 1.11. The molecule has 21 heavy (non-hydrogen) atoms. The highest BCUT2D eigenvalue weighted by atomic mass is 32.2. The molecule has 3 rings (SSSR count). The Bertz CT molecular complexity index is 722. The SMILES string of the molecule is CCOc1ccc(N)c(SCc2nc3ccccc3s2)c1. The molecule has 0 saturated heterocycles. The first-order valence-corrected chi connectivity index (χ1v) is 8.56. The number of para-hydroxylation sites is 1. The zero-order valence-corrected chi connectivity index (χ0v) is 13.3. The summed E-state index contributed by atoms with van der Waals surface area (Å²) in [4.78, 5) is 5.68. The van der Waals surface area contributed by atoms with Crippen LogP contribution in [0.25, 0.3) is 10.2 Å². The molecule has 0 radical (unpaired) electrons. The lowest BCUT2D eigenvalue weighted by Gasteiger charge is -2.08. The van der Waals surface area contributed by atoms with Gasteiger partial charge in [-0.2, -0.15) is 0 Å². The Balaban J connectivity index is 1.76. The Kier molecular flexibility index (Phi) is 4.31. The van der Waals surface area contributed by atoms with E-state index in [1.54, 1.807) is 23.1 Å². The quantitative estimate of drug-likeness (QED) is 0.553. The number of nitrogens with two attached hydrogens (primary N) is 1. The molecule has 2 N–H and O–H groups in total. The van der Waals surface area contributed by atoms with Gasteiger partial charge in [0.05, 0.1) is 22.6 Å². The summed E-state index contributed by atoms with van der Waals surface area (Å²) in [6.07, 6.45) is 0. The van der Waals surface area contributed by atoms with Crippen molar-refractivity contribution in [2.75, 3.05) is 12.3 Å². The van der Waals surface area contributed by atoms with Gasteiger partial charge < -0.3 is 10.5 Å². The molecule has 3 aromatic rings. The molecule has 0 saturated carbocycles. The summed E-state index contributed by atoms with van der Waals surface area (Å²) in [6, 6.07) is 14.0. The van der Waals surface area contributed by atoms with Gasteiger partial charge in [-0.25, -0.2) is 4.98 Å². The molecule has 0 spiro atoms. The Morgan fingerprint density at radius 2 is 2.10 bits per heavy atom. The average Bonchev–Trinajstić information content (AvgIpc) is 2.91. The number of anilines is 1. The molecule has 0 amide bonds. The fourth-order valence-electron chi connectivity index (χ4n) is 2.02. The summed E-state index contributed by atoms with van der Waals surface area (Å²) < 4.78 is 6.75. The first-order chi connectivity index (χ1) is 10.3. The van der Waals surface area contributed by atoms with E-state index >= 15 is 0 Å². The predicted octanol–water partition coefficient (Wildman–Crippen LogP) is 4.57. The molecule has 1 aromatic heterocycles. The minimum Gasteiger partial charge on any atom is -0.494 e. The highest BCUT2D eigenvalue weighted by molar-refractivity contribution is 7.98. The number of thioether (sulfide) groups is 1. The number of benzene rings is 2. The second kappa shape index (κ2) is 6.37. The molecule has 0 bridgehead atoms. The summed E-state index contributed by atoms with van der Waals surface area (Å²) in [5.41, 5.74) is 7.88. The highest BCUT2D eigenvalue weighted by Gasteiger charge is 2.07. The van der Waals surface area contributed by atoms with Crippen molar-refractivity contribution < 1.29 is 4.74 Å². The van der Waals surface area contributed by atoms with E-state index < -0.39 is 0 Å². The third-order valence-corrected chi connectivity index (χ3v) is 5.29. The van der Waals surface area contributed by atoms with Gasteiger partial charge in [-0.3, -0.25) is 0 Å². The van der Waals surface area contributed by atoms with Crippen LogP contribution >= 0.6 is 23.1 Å². The zero-order chi connectivity index (χ0) is 14.7. The van der Waals surface area contributed by atoms with Crippen LogP contribution in [-0.2, 0) is 5.75 Å². The third-order valence-electron chi connectivity index (χ3n) is 2.99. The Morgan fingerprint density at radius 3 is 2.90 bits per heavy atom. The van der Waals surface area contributed by atoms with Gasteiger partial charge in [0.2, 0.25) is 0 Å². The summed E-state index contributed by atoms with van der Waals surface area (Å²) >= 11 is 3.43. The van der Waals surface area contributed by atoms with Gasteiger partial charge in [0.1, 0.15) is 10.8 Å². The first kappa shape index (κ1) is 14.2. The van der Waals surface area contributed by atoms with E-state index in [1.807, 2.05) is 43.3 Å². The number of rotatable bonds is 5. The maximum absolute atomic E-state index is 6.03. The molecule has 1 heterocycles. The molecule has 108 valence electrons. The topological polar surface area (TPSA) is 48.1 Å². The Hall–Kier alpha value is -1.72. The van der Waals surface area contributed by atoms with Crippen molar-refractivity contribution >= 4 is 39.0 Å². The van der Waals surface area contributed by atoms with Crippen LogP contribution in [0.4, 0.5) is 5.69 Å². The van der Waals surface area contributed by atoms with Crippen LogP contribution in [0.1, 0.15) is 11.9 Å². The van der Waals surface area contributed by atoms with Crippen LogP contribution in [-0.4, -0.2) is 11.6 Å². The highest BCUT2D eigenvalue weighted by Crippen LogP contribution is 2.33. The molecule has 0 atom stereocenters. The number of ether oxygens (including phenoxy) is 1. The molecule has 5 heteroatoms. The minimum atomic E-state index is 0.659. The van der Waals surface area contributed by atoms with E-state index in [0.29, 0.717) is 6.61 Å². The lowest BCUT2D eigenvalue weighted by atomic mass is 10.3. The van der Waals surface area contributed by atoms with Crippen molar-refractivity contribution in [2.24, 2.45) is 0 Å². The zero-order valence-electron chi connectivity index (χ0n) is 11.7. The number of thiazole rings is 1. The van der Waals surface area contributed by atoms with Gasteiger partial charge in [0.25, 0.3) is 0 Å². The van der Waals surface area contributed by atoms with Crippen molar-refractivity contribution in [3.8, 4) is 5.75 Å². The molecular weight excluding hydrogens is 300 g/mol. The fourth-order valence-corrected chi connectivity index (χ4v) is 3.97. The lowest BCUT2D eigenvalue weighted by Crippen LogP contribution is -1.94. The largest absolute Gasteiger partial charge is 0.494 e. The van der Waals surface area contributed by atoms with E-state index in [-0.39, 0.29) is 0 Å². The van der Waals surface area contributed by atoms with Gasteiger partial charge in [-0.05, 0) is 37.3 Å². The van der Waals surface area contributed by atoms with Crippen LogP contribution in [0, 0.1) is 0 Å². The van der Waals surface area contributed by atoms with Crippen molar-refractivity contribution in [1.29, 1.82) is 0 Å². The second-order valence-electron chi connectivity index (χ2n) is 4.50. The summed E-state index contributed by atoms with van der Waals surface area (Å²) in [7, 11) is 0. The normalized spacial score (nSPS) is 10.9. The van der Waals surface area contributed by atoms with Crippen molar-refractivity contribution in [1.82, 2.24) is 4.98 Å². The molecule has 2 aromatic carbocycles. The molecule has 3 nitrogen and oxygen atoms in total. The predicted molar refractivity (Wildman–Crippen MR) is 91.2 cm³/mol. The number of aromatic nitrogens is 1. The molecule has 0 unspecified atom stereocenters. The van der Waals surface area contributed by atoms with Crippen molar-refractivity contribution in [3.63, 3.8) is 0 Å². The Labute approximate surface area is 132 Å². The molecule has 0 aliphatic heterocycles. The van der Waals surface area contributed by atoms with E-state index in [0.717, 1.165) is 32.6 Å². The molecule has 0 fully saturated rings. The van der Waals surface area contributed by atoms with Gasteiger partial charge in [-0.1, -0.05) is 12.1 Å². The lowest BCUT2D eigenvalue weighted by molar-refractivity contribution is 0.339. The van der Waals surface area contributed by atoms with E-state index in [2.05, 4.69) is 11.1 Å². The van der Waals surface area contributed by atoms with Gasteiger partial charge in [0.15, 0.2) is 0 Å². The third kappa shape index (κ3) is 3.31. The maximum atomic E-state index is 6.03. The number of nitrogens with zero attached hydrogens (tertiary/aromatic N) is 1. The standard InChI is InChI=1S/C16H16N2OS2/c1-2-19-11-7-8-12(17)15(9-11)20-10-16-18-13-5-3-4-6-14(13)21-16/h3-9H,2,10,17H2,1H3. The van der Waals surface area contributed by atoms with Gasteiger partial charge in [0, 0.05) is 10.6 Å². The van der Waals surface area contributed by atoms with E-state index in [4.69, 9.17) is 10.5 Å². The number of nitrogen functional groups attached to an aromatic ring is 1. The summed E-state index contributed by atoms with van der Waals surface area (Å²) in [5.74, 6) is 1.68. The van der Waals surface area contributed by atoms with Crippen molar-refractivity contribution in [2.45, 2.75) is 17.6 Å². The van der Waals surface area contributed by atoms with Crippen LogP contribution in [0.3, 0.4) is 0 Å². The Morgan fingerprint density at radius 1 is 1.24 bits per heavy atom. The van der Waals surface area contributed by atoms with Crippen molar-refractivity contribution in [3.05, 3.63) is 47.5 Å². The van der Waals surface area contributed by atoms with E-state index in [9.17, 15) is 0 Å². The van der Waals surface area contributed by atoms with Crippen LogP contribution in [0.15, 0.2) is 47.4 Å². The summed E-state index contributed by atoms with van der Waals surface area (Å²) in [6.45, 7) is 2.64. The molecule has 0 aliphatic rings. The average molecular weight is 316 g/mol. The molecular formula is C16H16N2OS2. The monoisotopic (exact) mass is 316 g/mol. The van der Waals surface area contributed by atoms with E-state index in [1.165, 1.54) is 4.70 Å². The fraction of sp³-hybridized carbons (Fsp3) is 0.188. The number of fused-ring (bicyclic) bond motifs is 1. The van der Waals surface area contributed by atoms with Crippen LogP contribution < -0.4 is 10.5 Å². The number of hydrogen-bond acceptors (Lipinski definition) is 5. The molecule has 0 aliphatic carbocycles. The van der Waals surface area contributed by atoms with Gasteiger partial charge in [-0.15, -0.1) is 23.1 Å². The van der Waals surface area contributed by atoms with Gasteiger partial charge >= 0.3 is 0 Å². The first-order valence-electron chi connectivity index (χ1n) is 6.76. The smallest absolute Gasteiger partial charge is 0.120 e. The van der Waals surface area contributed by atoms with Crippen LogP contribution in [0.5, 0.6) is 5.75 Å².